The number of aryl methyl sites for hydroxylation is 1. The van der Waals surface area contributed by atoms with E-state index in [1.165, 1.54) is 6.20 Å². The van der Waals surface area contributed by atoms with Crippen molar-refractivity contribution in [3.05, 3.63) is 17.5 Å². The molecular formula is C12H21N3O3. The Hall–Kier alpha value is -1.40. The SMILES string of the molecule is CCOC(C)(C)CNCc1c(C(=O)O)cnn1C. The van der Waals surface area contributed by atoms with Crippen LogP contribution in [0.4, 0.5) is 0 Å². The summed E-state index contributed by atoms with van der Waals surface area (Å²) in [5.41, 5.74) is 0.630. The first-order chi connectivity index (χ1) is 8.37. The van der Waals surface area contributed by atoms with Crippen molar-refractivity contribution in [1.82, 2.24) is 15.1 Å². The van der Waals surface area contributed by atoms with Gasteiger partial charge in [0, 0.05) is 26.7 Å². The van der Waals surface area contributed by atoms with Crippen molar-refractivity contribution >= 4 is 5.97 Å². The largest absolute Gasteiger partial charge is 0.478 e. The molecule has 0 aliphatic carbocycles. The van der Waals surface area contributed by atoms with E-state index in [1.807, 2.05) is 20.8 Å². The van der Waals surface area contributed by atoms with E-state index in [0.29, 0.717) is 25.4 Å². The molecule has 102 valence electrons. The summed E-state index contributed by atoms with van der Waals surface area (Å²) in [7, 11) is 1.73. The van der Waals surface area contributed by atoms with Crippen LogP contribution in [0.25, 0.3) is 0 Å². The second kappa shape index (κ2) is 5.97. The van der Waals surface area contributed by atoms with Crippen molar-refractivity contribution < 1.29 is 14.6 Å². The predicted octanol–water partition coefficient (Wildman–Crippen LogP) is 1.02. The van der Waals surface area contributed by atoms with E-state index in [4.69, 9.17) is 9.84 Å². The first-order valence-corrected chi connectivity index (χ1v) is 5.96. The van der Waals surface area contributed by atoms with Crippen molar-refractivity contribution in [2.24, 2.45) is 7.05 Å². The number of nitrogens with zero attached hydrogens (tertiary/aromatic N) is 2. The topological polar surface area (TPSA) is 76.4 Å². The first kappa shape index (κ1) is 14.7. The molecule has 0 bridgehead atoms. The van der Waals surface area contributed by atoms with Gasteiger partial charge in [0.15, 0.2) is 0 Å². The maximum Gasteiger partial charge on any atom is 0.339 e. The monoisotopic (exact) mass is 255 g/mol. The van der Waals surface area contributed by atoms with Crippen LogP contribution in [0.5, 0.6) is 0 Å². The molecule has 0 aliphatic heterocycles. The smallest absolute Gasteiger partial charge is 0.339 e. The van der Waals surface area contributed by atoms with Gasteiger partial charge in [-0.25, -0.2) is 4.79 Å². The van der Waals surface area contributed by atoms with Gasteiger partial charge in [0.1, 0.15) is 5.56 Å². The molecule has 1 aromatic heterocycles. The highest BCUT2D eigenvalue weighted by Crippen LogP contribution is 2.10. The maximum absolute atomic E-state index is 11.0. The Morgan fingerprint density at radius 1 is 1.61 bits per heavy atom. The number of carboxylic acid groups (broad SMARTS) is 1. The van der Waals surface area contributed by atoms with Gasteiger partial charge in [-0.05, 0) is 20.8 Å². The van der Waals surface area contributed by atoms with Gasteiger partial charge >= 0.3 is 5.97 Å². The minimum absolute atomic E-state index is 0.235. The molecule has 1 aromatic rings. The molecule has 2 N–H and O–H groups in total. The summed E-state index contributed by atoms with van der Waals surface area (Å²) < 4.78 is 7.13. The Bertz CT molecular complexity index is 413. The standard InChI is InChI=1S/C12H21N3O3/c1-5-18-12(2,3)8-13-7-10-9(11(16)17)6-14-15(10)4/h6,13H,5,7-8H2,1-4H3,(H,16,17). The zero-order valence-electron chi connectivity index (χ0n) is 11.4. The number of hydrogen-bond donors (Lipinski definition) is 2. The second-order valence-electron chi connectivity index (χ2n) is 4.73. The number of hydrogen-bond acceptors (Lipinski definition) is 4. The van der Waals surface area contributed by atoms with E-state index in [9.17, 15) is 4.79 Å². The Kier molecular flexibility index (Phi) is 4.86. The van der Waals surface area contributed by atoms with Gasteiger partial charge in [0.2, 0.25) is 0 Å². The van der Waals surface area contributed by atoms with Crippen LogP contribution in [0, 0.1) is 0 Å². The van der Waals surface area contributed by atoms with Crippen molar-refractivity contribution in [1.29, 1.82) is 0 Å². The van der Waals surface area contributed by atoms with Crippen LogP contribution in [-0.4, -0.2) is 39.6 Å². The average Bonchev–Trinajstić information content (AvgIpc) is 2.60. The van der Waals surface area contributed by atoms with Crippen LogP contribution in [-0.2, 0) is 18.3 Å². The van der Waals surface area contributed by atoms with Crippen LogP contribution in [0.15, 0.2) is 6.20 Å². The lowest BCUT2D eigenvalue weighted by molar-refractivity contribution is -0.00906. The molecule has 0 atom stereocenters. The Labute approximate surface area is 107 Å². The van der Waals surface area contributed by atoms with Gasteiger partial charge in [-0.1, -0.05) is 0 Å². The van der Waals surface area contributed by atoms with E-state index < -0.39 is 5.97 Å². The zero-order chi connectivity index (χ0) is 13.8. The molecule has 0 radical (unpaired) electrons. The molecule has 0 aliphatic rings. The summed E-state index contributed by atoms with van der Waals surface area (Å²) in [4.78, 5) is 11.0. The van der Waals surface area contributed by atoms with Crippen molar-refractivity contribution in [3.8, 4) is 0 Å². The molecule has 1 heterocycles. The number of rotatable bonds is 7. The van der Waals surface area contributed by atoms with Crippen LogP contribution in [0.2, 0.25) is 0 Å². The molecule has 18 heavy (non-hydrogen) atoms. The number of aromatic carboxylic acids is 1. The van der Waals surface area contributed by atoms with Gasteiger partial charge in [-0.15, -0.1) is 0 Å². The Morgan fingerprint density at radius 2 is 2.28 bits per heavy atom. The third-order valence-electron chi connectivity index (χ3n) is 2.67. The molecule has 0 aromatic carbocycles. The molecule has 0 saturated heterocycles. The van der Waals surface area contributed by atoms with Crippen LogP contribution < -0.4 is 5.32 Å². The second-order valence-corrected chi connectivity index (χ2v) is 4.73. The van der Waals surface area contributed by atoms with E-state index in [-0.39, 0.29) is 11.2 Å². The van der Waals surface area contributed by atoms with Gasteiger partial charge in [-0.2, -0.15) is 5.10 Å². The summed E-state index contributed by atoms with van der Waals surface area (Å²) in [6.45, 7) is 7.68. The summed E-state index contributed by atoms with van der Waals surface area (Å²) in [6.07, 6.45) is 1.37. The quantitative estimate of drug-likeness (QED) is 0.761. The van der Waals surface area contributed by atoms with Crippen molar-refractivity contribution in [2.75, 3.05) is 13.2 Å². The number of carboxylic acids is 1. The summed E-state index contributed by atoms with van der Waals surface area (Å²) in [6, 6.07) is 0. The molecule has 0 spiro atoms. The Balaban J connectivity index is 2.59. The molecule has 6 nitrogen and oxygen atoms in total. The van der Waals surface area contributed by atoms with E-state index in [2.05, 4.69) is 10.4 Å². The van der Waals surface area contributed by atoms with Gasteiger partial charge in [0.25, 0.3) is 0 Å². The fourth-order valence-corrected chi connectivity index (χ4v) is 1.77. The first-order valence-electron chi connectivity index (χ1n) is 5.96. The van der Waals surface area contributed by atoms with Gasteiger partial charge in [-0.3, -0.25) is 4.68 Å². The van der Waals surface area contributed by atoms with Crippen LogP contribution in [0.1, 0.15) is 36.8 Å². The highest BCUT2D eigenvalue weighted by Gasteiger charge is 2.19. The lowest BCUT2D eigenvalue weighted by Gasteiger charge is -2.25. The molecule has 0 unspecified atom stereocenters. The molecular weight excluding hydrogens is 234 g/mol. The summed E-state index contributed by atoms with van der Waals surface area (Å²) in [5.74, 6) is -0.955. The summed E-state index contributed by atoms with van der Waals surface area (Å²) in [5, 5.41) is 16.2. The van der Waals surface area contributed by atoms with E-state index in [1.54, 1.807) is 11.7 Å². The number of carbonyl (C=O) groups is 1. The highest BCUT2D eigenvalue weighted by atomic mass is 16.5. The minimum atomic E-state index is -0.955. The summed E-state index contributed by atoms with van der Waals surface area (Å²) >= 11 is 0. The zero-order valence-corrected chi connectivity index (χ0v) is 11.4. The number of aromatic nitrogens is 2. The van der Waals surface area contributed by atoms with E-state index in [0.717, 1.165) is 0 Å². The fourth-order valence-electron chi connectivity index (χ4n) is 1.77. The predicted molar refractivity (Wildman–Crippen MR) is 67.6 cm³/mol. The highest BCUT2D eigenvalue weighted by molar-refractivity contribution is 5.88. The number of ether oxygens (including phenoxy) is 1. The van der Waals surface area contributed by atoms with Crippen LogP contribution >= 0.6 is 0 Å². The minimum Gasteiger partial charge on any atom is -0.478 e. The van der Waals surface area contributed by atoms with Crippen molar-refractivity contribution in [3.63, 3.8) is 0 Å². The van der Waals surface area contributed by atoms with E-state index >= 15 is 0 Å². The molecule has 0 amide bonds. The molecule has 6 heteroatoms. The Morgan fingerprint density at radius 3 is 2.83 bits per heavy atom. The lowest BCUT2D eigenvalue weighted by Crippen LogP contribution is -2.37. The van der Waals surface area contributed by atoms with Gasteiger partial charge in [0.05, 0.1) is 17.5 Å². The van der Waals surface area contributed by atoms with Crippen LogP contribution in [0.3, 0.4) is 0 Å². The maximum atomic E-state index is 11.0. The number of nitrogens with one attached hydrogen (secondary N) is 1. The molecule has 0 saturated carbocycles. The normalized spacial score (nSPS) is 11.8. The molecule has 1 rings (SSSR count). The van der Waals surface area contributed by atoms with Crippen molar-refractivity contribution in [2.45, 2.75) is 32.9 Å². The van der Waals surface area contributed by atoms with Gasteiger partial charge < -0.3 is 15.2 Å². The third kappa shape index (κ3) is 3.82. The fraction of sp³-hybridized carbons (Fsp3) is 0.667. The third-order valence-corrected chi connectivity index (χ3v) is 2.67. The lowest BCUT2D eigenvalue weighted by atomic mass is 10.1. The molecule has 0 fully saturated rings. The average molecular weight is 255 g/mol.